The highest BCUT2D eigenvalue weighted by molar-refractivity contribution is 5.70. The first-order valence-electron chi connectivity index (χ1n) is 27.1. The second-order valence-electron chi connectivity index (χ2n) is 19.2. The lowest BCUT2D eigenvalue weighted by atomic mass is 10.1. The number of hydrogen-bond acceptors (Lipinski definition) is 8. The second kappa shape index (κ2) is 49.2. The molecule has 0 aliphatic heterocycles. The zero-order valence-electron chi connectivity index (χ0n) is 43.8. The summed E-state index contributed by atoms with van der Waals surface area (Å²) >= 11 is 0. The van der Waals surface area contributed by atoms with Crippen LogP contribution < -0.4 is 5.11 Å². The number of carbonyl (C=O) groups is 3. The lowest BCUT2D eigenvalue weighted by molar-refractivity contribution is -0.870. The molecule has 2 atom stereocenters. The lowest BCUT2D eigenvalue weighted by Crippen LogP contribution is -2.44. The third-order valence-corrected chi connectivity index (χ3v) is 11.4. The molecule has 0 rings (SSSR count). The molecule has 0 amide bonds. The molecule has 0 aromatic rings. The SMILES string of the molecule is CCCCCCC/C=C\C/C=C\C/C=C\CCCCCCCCC(=O)OCC(COC(OCC[N+](C)(C)C)C(=O)[O-])OC(=O)CCCCCCCC/C=C\C/C=C\C/C=C\CCCCCCC. The van der Waals surface area contributed by atoms with Crippen molar-refractivity contribution < 1.29 is 42.9 Å². The molecular formula is C58H101NO8. The number of carboxylic acids is 1. The van der Waals surface area contributed by atoms with Gasteiger partial charge in [0.1, 0.15) is 13.2 Å². The Bertz CT molecular complexity index is 1330. The Hall–Kier alpha value is -3.27. The summed E-state index contributed by atoms with van der Waals surface area (Å²) in [6.45, 7) is 4.69. The van der Waals surface area contributed by atoms with Gasteiger partial charge in [0.15, 0.2) is 12.4 Å². The fourth-order valence-electron chi connectivity index (χ4n) is 7.20. The van der Waals surface area contributed by atoms with Gasteiger partial charge < -0.3 is 33.3 Å². The van der Waals surface area contributed by atoms with Crippen LogP contribution in [0.25, 0.3) is 0 Å². The Morgan fingerprint density at radius 2 is 0.806 bits per heavy atom. The fourth-order valence-corrected chi connectivity index (χ4v) is 7.20. The summed E-state index contributed by atoms with van der Waals surface area (Å²) in [6, 6.07) is 0. The molecule has 386 valence electrons. The smallest absolute Gasteiger partial charge is 0.306 e. The van der Waals surface area contributed by atoms with E-state index in [0.29, 0.717) is 17.4 Å². The summed E-state index contributed by atoms with van der Waals surface area (Å²) in [6.07, 6.45) is 59.3. The van der Waals surface area contributed by atoms with Gasteiger partial charge >= 0.3 is 11.9 Å². The number of unbranched alkanes of at least 4 members (excludes halogenated alkanes) is 22. The number of allylic oxidation sites excluding steroid dienone is 12. The van der Waals surface area contributed by atoms with Crippen LogP contribution in [0.4, 0.5) is 0 Å². The second-order valence-corrected chi connectivity index (χ2v) is 19.2. The quantitative estimate of drug-likeness (QED) is 0.0195. The van der Waals surface area contributed by atoms with E-state index in [9.17, 15) is 19.5 Å². The Labute approximate surface area is 411 Å². The Kier molecular flexibility index (Phi) is 46.8. The number of esters is 2. The van der Waals surface area contributed by atoms with Gasteiger partial charge in [0.25, 0.3) is 0 Å². The zero-order chi connectivity index (χ0) is 49.2. The Balaban J connectivity index is 4.39. The van der Waals surface area contributed by atoms with E-state index in [-0.39, 0.29) is 38.6 Å². The molecular weight excluding hydrogens is 839 g/mol. The number of rotatable bonds is 49. The molecule has 0 saturated carbocycles. The molecule has 9 nitrogen and oxygen atoms in total. The van der Waals surface area contributed by atoms with Gasteiger partial charge in [-0.25, -0.2) is 0 Å². The van der Waals surface area contributed by atoms with E-state index in [4.69, 9.17) is 18.9 Å². The monoisotopic (exact) mass is 940 g/mol. The highest BCUT2D eigenvalue weighted by Gasteiger charge is 2.22. The predicted octanol–water partition coefficient (Wildman–Crippen LogP) is 14.1. The zero-order valence-corrected chi connectivity index (χ0v) is 43.8. The van der Waals surface area contributed by atoms with Crippen LogP contribution in [0.15, 0.2) is 72.9 Å². The van der Waals surface area contributed by atoms with Gasteiger partial charge in [-0.15, -0.1) is 0 Å². The molecule has 0 radical (unpaired) electrons. The van der Waals surface area contributed by atoms with E-state index in [0.717, 1.165) is 96.3 Å². The van der Waals surface area contributed by atoms with Crippen molar-refractivity contribution in [2.45, 2.75) is 232 Å². The number of carboxylic acid groups (broad SMARTS) is 1. The van der Waals surface area contributed by atoms with Gasteiger partial charge in [0.05, 0.1) is 40.3 Å². The van der Waals surface area contributed by atoms with E-state index in [1.54, 1.807) is 0 Å². The number of ether oxygens (including phenoxy) is 4. The van der Waals surface area contributed by atoms with Crippen molar-refractivity contribution in [3.05, 3.63) is 72.9 Å². The molecule has 2 unspecified atom stereocenters. The third-order valence-electron chi connectivity index (χ3n) is 11.4. The summed E-state index contributed by atoms with van der Waals surface area (Å²) in [7, 11) is 5.90. The minimum atomic E-state index is -1.63. The normalized spacial score (nSPS) is 13.4. The number of hydrogen-bond donors (Lipinski definition) is 0. The summed E-state index contributed by atoms with van der Waals surface area (Å²) < 4.78 is 22.6. The van der Waals surface area contributed by atoms with E-state index in [1.807, 2.05) is 21.1 Å². The van der Waals surface area contributed by atoms with E-state index in [2.05, 4.69) is 86.8 Å². The van der Waals surface area contributed by atoms with Crippen molar-refractivity contribution >= 4 is 17.9 Å². The summed E-state index contributed by atoms with van der Waals surface area (Å²) in [4.78, 5) is 37.2. The van der Waals surface area contributed by atoms with Crippen LogP contribution in [0, 0.1) is 0 Å². The standard InChI is InChI=1S/C58H101NO8/c1-6-8-10-12-14-16-18-20-22-24-26-28-30-32-34-36-38-40-42-44-46-48-55(60)65-52-54(53-66-58(57(62)63)64-51-50-59(3,4)5)67-56(61)49-47-45-43-41-39-37-35-33-31-29-27-25-23-21-19-17-15-13-11-9-7-2/h18-21,24-27,30-33,54,58H,6-17,22-23,28-29,34-53H2,1-5H3/b20-18-,21-19-,26-24-,27-25-,32-30-,33-31-. The van der Waals surface area contributed by atoms with Gasteiger partial charge in [0, 0.05) is 12.8 Å². The van der Waals surface area contributed by atoms with Gasteiger partial charge in [-0.3, -0.25) is 9.59 Å². The predicted molar refractivity (Wildman–Crippen MR) is 278 cm³/mol. The van der Waals surface area contributed by atoms with Crippen LogP contribution in [-0.2, 0) is 33.3 Å². The fraction of sp³-hybridized carbons (Fsp3) is 0.741. The molecule has 9 heteroatoms. The molecule has 0 heterocycles. The highest BCUT2D eigenvalue weighted by atomic mass is 16.7. The highest BCUT2D eigenvalue weighted by Crippen LogP contribution is 2.14. The van der Waals surface area contributed by atoms with Gasteiger partial charge in [-0.05, 0) is 89.9 Å². The molecule has 67 heavy (non-hydrogen) atoms. The number of quaternary nitrogens is 1. The van der Waals surface area contributed by atoms with Crippen molar-refractivity contribution in [3.8, 4) is 0 Å². The van der Waals surface area contributed by atoms with Crippen molar-refractivity contribution in [3.63, 3.8) is 0 Å². The minimum absolute atomic E-state index is 0.139. The summed E-state index contributed by atoms with van der Waals surface area (Å²) in [5.41, 5.74) is 0. The molecule has 0 aliphatic carbocycles. The number of carbonyl (C=O) groups excluding carboxylic acids is 3. The first-order valence-corrected chi connectivity index (χ1v) is 27.1. The van der Waals surface area contributed by atoms with E-state index in [1.165, 1.54) is 89.9 Å². The van der Waals surface area contributed by atoms with E-state index < -0.39 is 24.3 Å². The third kappa shape index (κ3) is 50.4. The summed E-state index contributed by atoms with van der Waals surface area (Å²) in [5.74, 6) is -2.32. The van der Waals surface area contributed by atoms with Crippen LogP contribution in [-0.4, -0.2) is 82.3 Å². The maximum absolute atomic E-state index is 12.8. The van der Waals surface area contributed by atoms with Gasteiger partial charge in [-0.1, -0.05) is 189 Å². The van der Waals surface area contributed by atoms with Crippen molar-refractivity contribution in [2.75, 3.05) is 47.5 Å². The lowest BCUT2D eigenvalue weighted by Gasteiger charge is -2.26. The molecule has 0 saturated heterocycles. The topological polar surface area (TPSA) is 111 Å². The number of aliphatic carboxylic acids is 1. The summed E-state index contributed by atoms with van der Waals surface area (Å²) in [5, 5.41) is 11.8. The Morgan fingerprint density at radius 1 is 0.448 bits per heavy atom. The molecule has 0 aromatic carbocycles. The van der Waals surface area contributed by atoms with Crippen LogP contribution in [0.3, 0.4) is 0 Å². The number of nitrogens with zero attached hydrogens (tertiary/aromatic N) is 1. The van der Waals surface area contributed by atoms with Gasteiger partial charge in [-0.2, -0.15) is 0 Å². The molecule has 0 aliphatic rings. The first-order chi connectivity index (χ1) is 32.6. The van der Waals surface area contributed by atoms with Crippen molar-refractivity contribution in [1.82, 2.24) is 0 Å². The molecule has 0 spiro atoms. The minimum Gasteiger partial charge on any atom is -0.545 e. The van der Waals surface area contributed by atoms with Crippen molar-refractivity contribution in [1.29, 1.82) is 0 Å². The van der Waals surface area contributed by atoms with Crippen LogP contribution >= 0.6 is 0 Å². The van der Waals surface area contributed by atoms with Crippen LogP contribution in [0.5, 0.6) is 0 Å². The van der Waals surface area contributed by atoms with Crippen molar-refractivity contribution in [2.24, 2.45) is 0 Å². The molecule has 0 bridgehead atoms. The molecule has 0 N–H and O–H groups in total. The average Bonchev–Trinajstić information content (AvgIpc) is 3.29. The molecule has 0 aromatic heterocycles. The van der Waals surface area contributed by atoms with E-state index >= 15 is 0 Å². The number of likely N-dealkylation sites (N-methyl/N-ethyl adjacent to an activating group) is 1. The average molecular weight is 940 g/mol. The Morgan fingerprint density at radius 3 is 1.19 bits per heavy atom. The van der Waals surface area contributed by atoms with Gasteiger partial charge in [0.2, 0.25) is 0 Å². The van der Waals surface area contributed by atoms with Crippen LogP contribution in [0.2, 0.25) is 0 Å². The van der Waals surface area contributed by atoms with Crippen LogP contribution in [0.1, 0.15) is 219 Å². The largest absolute Gasteiger partial charge is 0.545 e. The maximum atomic E-state index is 12.8. The molecule has 0 fully saturated rings. The maximum Gasteiger partial charge on any atom is 0.306 e. The first kappa shape index (κ1) is 63.7.